The van der Waals surface area contributed by atoms with Gasteiger partial charge in [0.15, 0.2) is 11.6 Å². The number of rotatable bonds is 6. The first-order valence-corrected chi connectivity index (χ1v) is 18.9. The van der Waals surface area contributed by atoms with Crippen LogP contribution in [0.15, 0.2) is 200 Å². The third kappa shape index (κ3) is 5.13. The van der Waals surface area contributed by atoms with E-state index in [0.29, 0.717) is 17.6 Å². The first-order chi connectivity index (χ1) is 27.8. The van der Waals surface area contributed by atoms with Crippen molar-refractivity contribution in [1.29, 1.82) is 0 Å². The molecule has 0 aliphatic rings. The minimum atomic E-state index is 0.565. The van der Waals surface area contributed by atoms with E-state index in [-0.39, 0.29) is 0 Å². The van der Waals surface area contributed by atoms with E-state index in [1.54, 1.807) is 0 Å². The Hall–Kier alpha value is -7.63. The van der Waals surface area contributed by atoms with Crippen molar-refractivity contribution in [3.05, 3.63) is 200 Å². The normalized spacial score (nSPS) is 11.6. The topological polar surface area (TPSA) is 48.5 Å². The van der Waals surface area contributed by atoms with E-state index in [2.05, 4.69) is 185 Å². The molecule has 3 aromatic heterocycles. The predicted molar refractivity (Wildman–Crippen MR) is 230 cm³/mol. The lowest BCUT2D eigenvalue weighted by Crippen LogP contribution is -2.06. The molecule has 11 aromatic rings. The second-order valence-corrected chi connectivity index (χ2v) is 14.0. The maximum absolute atomic E-state index is 5.34. The van der Waals surface area contributed by atoms with Crippen molar-refractivity contribution in [3.8, 4) is 56.7 Å². The Labute approximate surface area is 323 Å². The van der Waals surface area contributed by atoms with Gasteiger partial charge < -0.3 is 4.57 Å². The lowest BCUT2D eigenvalue weighted by atomic mass is 9.96. The maximum atomic E-state index is 5.34. The zero-order chi connectivity index (χ0) is 37.0. The summed E-state index contributed by atoms with van der Waals surface area (Å²) < 4.78 is 4.66. The molecule has 0 saturated heterocycles. The zero-order valence-electron chi connectivity index (χ0n) is 30.3. The molecule has 0 fully saturated rings. The molecule has 0 saturated carbocycles. The monoisotopic (exact) mass is 715 g/mol. The summed E-state index contributed by atoms with van der Waals surface area (Å²) in [7, 11) is 0. The van der Waals surface area contributed by atoms with Crippen LogP contribution in [-0.2, 0) is 0 Å². The summed E-state index contributed by atoms with van der Waals surface area (Å²) in [6.07, 6.45) is 0. The Morgan fingerprint density at radius 1 is 0.321 bits per heavy atom. The number of hydrogen-bond acceptors (Lipinski definition) is 3. The van der Waals surface area contributed by atoms with Crippen LogP contribution in [0, 0.1) is 0 Å². The predicted octanol–water partition coefficient (Wildman–Crippen LogP) is 12.7. The molecule has 0 amide bonds. The van der Waals surface area contributed by atoms with Crippen molar-refractivity contribution in [2.45, 2.75) is 0 Å². The van der Waals surface area contributed by atoms with Crippen molar-refractivity contribution < 1.29 is 0 Å². The van der Waals surface area contributed by atoms with Gasteiger partial charge in [-0.15, -0.1) is 0 Å². The van der Waals surface area contributed by atoms with E-state index in [1.165, 1.54) is 10.9 Å². The van der Waals surface area contributed by atoms with Crippen LogP contribution >= 0.6 is 0 Å². The van der Waals surface area contributed by atoms with E-state index in [0.717, 1.165) is 71.7 Å². The molecule has 8 aromatic carbocycles. The fraction of sp³-hybridized carbons (Fsp3) is 0. The largest absolute Gasteiger partial charge is 0.309 e. The van der Waals surface area contributed by atoms with Crippen molar-refractivity contribution in [2.24, 2.45) is 0 Å². The van der Waals surface area contributed by atoms with Crippen molar-refractivity contribution in [3.63, 3.8) is 0 Å². The highest BCUT2D eigenvalue weighted by Crippen LogP contribution is 2.46. The lowest BCUT2D eigenvalue weighted by Gasteiger charge is -2.14. The number of benzene rings is 8. The third-order valence-corrected chi connectivity index (χ3v) is 10.8. The number of nitrogens with zero attached hydrogens (tertiary/aromatic N) is 5. The molecule has 262 valence electrons. The SMILES string of the molecule is c1ccc(-c2cccc(-c3nc(-c4ccccc4)nc(-n4c5ccccc5c5c(-c6ccccc6)c6c(cc54)c4ccccc4n6-c4ccccc4)n3)c2)cc1. The number of aromatic nitrogens is 5. The van der Waals surface area contributed by atoms with Gasteiger partial charge in [0.05, 0.1) is 22.1 Å². The van der Waals surface area contributed by atoms with Crippen molar-refractivity contribution in [1.82, 2.24) is 24.1 Å². The third-order valence-electron chi connectivity index (χ3n) is 10.8. The molecular formula is C51H33N5. The smallest absolute Gasteiger partial charge is 0.238 e. The van der Waals surface area contributed by atoms with Crippen LogP contribution in [0.1, 0.15) is 0 Å². The molecule has 0 N–H and O–H groups in total. The Bertz CT molecular complexity index is 3220. The highest BCUT2D eigenvalue weighted by Gasteiger charge is 2.25. The fourth-order valence-electron chi connectivity index (χ4n) is 8.30. The number of para-hydroxylation sites is 3. The van der Waals surface area contributed by atoms with Gasteiger partial charge in [-0.3, -0.25) is 4.57 Å². The summed E-state index contributed by atoms with van der Waals surface area (Å²) in [4.78, 5) is 15.8. The van der Waals surface area contributed by atoms with Crippen LogP contribution in [-0.4, -0.2) is 24.1 Å². The quantitative estimate of drug-likeness (QED) is 0.172. The van der Waals surface area contributed by atoms with Crippen LogP contribution in [0.25, 0.3) is 100 Å². The average Bonchev–Trinajstić information content (AvgIpc) is 3.79. The molecule has 0 spiro atoms. The highest BCUT2D eigenvalue weighted by atomic mass is 15.2. The molecule has 5 heteroatoms. The molecular weight excluding hydrogens is 683 g/mol. The Kier molecular flexibility index (Phi) is 7.42. The van der Waals surface area contributed by atoms with Crippen LogP contribution in [0.5, 0.6) is 0 Å². The molecule has 56 heavy (non-hydrogen) atoms. The van der Waals surface area contributed by atoms with Gasteiger partial charge in [0.1, 0.15) is 0 Å². The molecule has 3 heterocycles. The van der Waals surface area contributed by atoms with Crippen LogP contribution in [0.4, 0.5) is 0 Å². The van der Waals surface area contributed by atoms with Crippen LogP contribution < -0.4 is 0 Å². The first-order valence-electron chi connectivity index (χ1n) is 18.9. The van der Waals surface area contributed by atoms with Crippen molar-refractivity contribution in [2.75, 3.05) is 0 Å². The van der Waals surface area contributed by atoms with E-state index >= 15 is 0 Å². The molecule has 0 unspecified atom stereocenters. The molecule has 5 nitrogen and oxygen atoms in total. The molecule has 11 rings (SSSR count). The molecule has 0 atom stereocenters. The summed E-state index contributed by atoms with van der Waals surface area (Å²) in [5, 5.41) is 4.62. The standard InChI is InChI=1S/C51H33N5/c1-5-18-34(19-6-1)37-24-17-25-38(32-37)50-52-49(36-22-9-3-10-23-36)53-51(54-50)56-44-31-16-14-29-41(44)47-45(56)33-42-40-28-13-15-30-43(40)55(39-26-11-4-12-27-39)48(42)46(47)35-20-7-2-8-21-35/h1-33H. The minimum absolute atomic E-state index is 0.565. The summed E-state index contributed by atoms with van der Waals surface area (Å²) in [6.45, 7) is 0. The van der Waals surface area contributed by atoms with Gasteiger partial charge in [0.2, 0.25) is 5.95 Å². The lowest BCUT2D eigenvalue weighted by molar-refractivity contribution is 0.954. The van der Waals surface area contributed by atoms with E-state index in [4.69, 9.17) is 15.0 Å². The highest BCUT2D eigenvalue weighted by molar-refractivity contribution is 6.26. The van der Waals surface area contributed by atoms with E-state index in [1.807, 2.05) is 24.3 Å². The Morgan fingerprint density at radius 2 is 0.839 bits per heavy atom. The van der Waals surface area contributed by atoms with Gasteiger partial charge >= 0.3 is 0 Å². The Balaban J connectivity index is 1.28. The van der Waals surface area contributed by atoms with Gasteiger partial charge in [0, 0.05) is 43.9 Å². The second kappa shape index (κ2) is 13.0. The van der Waals surface area contributed by atoms with Gasteiger partial charge in [-0.25, -0.2) is 4.98 Å². The summed E-state index contributed by atoms with van der Waals surface area (Å²) >= 11 is 0. The number of hydrogen-bond donors (Lipinski definition) is 0. The first kappa shape index (κ1) is 31.9. The molecule has 0 radical (unpaired) electrons. The van der Waals surface area contributed by atoms with E-state index < -0.39 is 0 Å². The summed E-state index contributed by atoms with van der Waals surface area (Å²) in [5.74, 6) is 1.80. The van der Waals surface area contributed by atoms with Crippen molar-refractivity contribution >= 4 is 43.6 Å². The Morgan fingerprint density at radius 3 is 1.54 bits per heavy atom. The van der Waals surface area contributed by atoms with Gasteiger partial charge in [-0.05, 0) is 53.1 Å². The van der Waals surface area contributed by atoms with Gasteiger partial charge in [0.25, 0.3) is 0 Å². The molecule has 0 bridgehead atoms. The summed E-state index contributed by atoms with van der Waals surface area (Å²) in [5.41, 5.74) is 11.9. The number of fused-ring (bicyclic) bond motifs is 6. The summed E-state index contributed by atoms with van der Waals surface area (Å²) in [6, 6.07) is 70.3. The zero-order valence-corrected chi connectivity index (χ0v) is 30.3. The average molecular weight is 716 g/mol. The fourth-order valence-corrected chi connectivity index (χ4v) is 8.30. The van der Waals surface area contributed by atoms with Gasteiger partial charge in [-0.2, -0.15) is 9.97 Å². The molecule has 0 aliphatic carbocycles. The minimum Gasteiger partial charge on any atom is -0.309 e. The van der Waals surface area contributed by atoms with Crippen LogP contribution in [0.3, 0.4) is 0 Å². The van der Waals surface area contributed by atoms with Crippen LogP contribution in [0.2, 0.25) is 0 Å². The second-order valence-electron chi connectivity index (χ2n) is 14.0. The van der Waals surface area contributed by atoms with E-state index in [9.17, 15) is 0 Å². The maximum Gasteiger partial charge on any atom is 0.238 e. The molecule has 0 aliphatic heterocycles. The van der Waals surface area contributed by atoms with Gasteiger partial charge in [-0.1, -0.05) is 164 Å².